The predicted molar refractivity (Wildman–Crippen MR) is 128 cm³/mol. The number of ether oxygens (including phenoxy) is 3. The van der Waals surface area contributed by atoms with E-state index in [2.05, 4.69) is 4.90 Å². The summed E-state index contributed by atoms with van der Waals surface area (Å²) in [7, 11) is 0. The van der Waals surface area contributed by atoms with E-state index >= 15 is 0 Å². The number of hydrogen-bond acceptors (Lipinski definition) is 5. The topological polar surface area (TPSA) is 48.0 Å². The highest BCUT2D eigenvalue weighted by Gasteiger charge is 2.35. The minimum absolute atomic E-state index is 0.125. The van der Waals surface area contributed by atoms with E-state index in [0.29, 0.717) is 43.5 Å². The van der Waals surface area contributed by atoms with Crippen LogP contribution in [0.4, 0.5) is 0 Å². The summed E-state index contributed by atoms with van der Waals surface area (Å²) in [5.41, 5.74) is 4.15. The number of nitrogens with zero attached hydrogens (tertiary/aromatic N) is 1. The number of aryl methyl sites for hydroxylation is 1. The van der Waals surface area contributed by atoms with Crippen LogP contribution in [0.15, 0.2) is 60.4 Å². The fourth-order valence-corrected chi connectivity index (χ4v) is 4.47. The summed E-state index contributed by atoms with van der Waals surface area (Å²) in [5, 5.41) is 0.724. The van der Waals surface area contributed by atoms with Gasteiger partial charge in [0.2, 0.25) is 5.78 Å². The standard InChI is InChI=1S/C27H24ClNO4/c1-3-31-22-11-7-5-8-18(22)13-24-26(30)25-17(2)12-23-20(27(25)33-24)15-29(16-32-23)14-19-9-4-6-10-21(19)28/h4-13H,3,14-16H2,1-2H3/b24-13-. The molecular formula is C27H24ClNO4. The number of para-hydroxylation sites is 1. The molecule has 0 fully saturated rings. The number of ketones is 1. The molecule has 0 N–H and O–H groups in total. The Morgan fingerprint density at radius 3 is 2.76 bits per heavy atom. The summed E-state index contributed by atoms with van der Waals surface area (Å²) in [4.78, 5) is 15.4. The van der Waals surface area contributed by atoms with Crippen LogP contribution in [0, 0.1) is 6.92 Å². The maximum atomic E-state index is 13.3. The Morgan fingerprint density at radius 1 is 1.15 bits per heavy atom. The molecule has 3 aromatic rings. The highest BCUT2D eigenvalue weighted by molar-refractivity contribution is 6.31. The maximum Gasteiger partial charge on any atom is 0.232 e. The Morgan fingerprint density at radius 2 is 1.94 bits per heavy atom. The third kappa shape index (κ3) is 4.10. The largest absolute Gasteiger partial charge is 0.493 e. The molecule has 0 unspecified atom stereocenters. The van der Waals surface area contributed by atoms with E-state index in [1.165, 1.54) is 0 Å². The molecule has 0 radical (unpaired) electrons. The molecule has 2 heterocycles. The first kappa shape index (κ1) is 21.6. The fraction of sp³-hybridized carbons (Fsp3) is 0.222. The molecular weight excluding hydrogens is 438 g/mol. The number of rotatable bonds is 5. The lowest BCUT2D eigenvalue weighted by molar-refractivity contribution is 0.0872. The highest BCUT2D eigenvalue weighted by Crippen LogP contribution is 2.44. The van der Waals surface area contributed by atoms with Crippen molar-refractivity contribution >= 4 is 23.5 Å². The first-order valence-electron chi connectivity index (χ1n) is 11.0. The van der Waals surface area contributed by atoms with Gasteiger partial charge in [-0.2, -0.15) is 0 Å². The van der Waals surface area contributed by atoms with Gasteiger partial charge in [-0.1, -0.05) is 48.0 Å². The van der Waals surface area contributed by atoms with E-state index in [1.807, 2.05) is 68.4 Å². The number of carbonyl (C=O) groups is 1. The van der Waals surface area contributed by atoms with Gasteiger partial charge in [0.25, 0.3) is 0 Å². The van der Waals surface area contributed by atoms with Crippen LogP contribution in [0.2, 0.25) is 5.02 Å². The maximum absolute atomic E-state index is 13.3. The molecule has 2 aliphatic rings. The van der Waals surface area contributed by atoms with Crippen LogP contribution in [-0.4, -0.2) is 24.0 Å². The van der Waals surface area contributed by atoms with Gasteiger partial charge in [0, 0.05) is 23.7 Å². The van der Waals surface area contributed by atoms with Crippen LogP contribution < -0.4 is 14.2 Å². The van der Waals surface area contributed by atoms with Gasteiger partial charge in [-0.3, -0.25) is 9.69 Å². The smallest absolute Gasteiger partial charge is 0.232 e. The molecule has 0 aliphatic carbocycles. The minimum atomic E-state index is -0.125. The van der Waals surface area contributed by atoms with Gasteiger partial charge in [-0.05, 0) is 49.2 Å². The van der Waals surface area contributed by atoms with E-state index in [-0.39, 0.29) is 11.5 Å². The third-order valence-electron chi connectivity index (χ3n) is 5.84. The van der Waals surface area contributed by atoms with Crippen LogP contribution >= 0.6 is 11.6 Å². The molecule has 5 nitrogen and oxygen atoms in total. The average Bonchev–Trinajstić information content (AvgIpc) is 3.14. The van der Waals surface area contributed by atoms with Crippen LogP contribution in [0.3, 0.4) is 0 Å². The van der Waals surface area contributed by atoms with E-state index < -0.39 is 0 Å². The molecule has 0 amide bonds. The Hall–Kier alpha value is -3.28. The summed E-state index contributed by atoms with van der Waals surface area (Å²) in [6, 6.07) is 17.3. The van der Waals surface area contributed by atoms with Gasteiger partial charge < -0.3 is 14.2 Å². The zero-order valence-corrected chi connectivity index (χ0v) is 19.3. The van der Waals surface area contributed by atoms with E-state index in [0.717, 1.165) is 33.0 Å². The monoisotopic (exact) mass is 461 g/mol. The molecule has 0 bridgehead atoms. The molecule has 0 saturated heterocycles. The number of allylic oxidation sites excluding steroid dienone is 1. The lowest BCUT2D eigenvalue weighted by Crippen LogP contribution is -2.32. The van der Waals surface area contributed by atoms with Gasteiger partial charge in [0.15, 0.2) is 5.76 Å². The van der Waals surface area contributed by atoms with Crippen molar-refractivity contribution in [3.05, 3.63) is 93.2 Å². The molecule has 6 heteroatoms. The Kier molecular flexibility index (Phi) is 5.83. The van der Waals surface area contributed by atoms with Crippen molar-refractivity contribution in [2.45, 2.75) is 26.9 Å². The zero-order valence-electron chi connectivity index (χ0n) is 18.6. The third-order valence-corrected chi connectivity index (χ3v) is 6.21. The van der Waals surface area contributed by atoms with E-state index in [9.17, 15) is 4.79 Å². The quantitative estimate of drug-likeness (QED) is 0.435. The van der Waals surface area contributed by atoms with Crippen LogP contribution in [0.5, 0.6) is 17.2 Å². The normalized spacial score (nSPS) is 16.2. The molecule has 0 aromatic heterocycles. The summed E-state index contributed by atoms with van der Waals surface area (Å²) >= 11 is 6.35. The molecule has 0 spiro atoms. The second kappa shape index (κ2) is 8.93. The van der Waals surface area contributed by atoms with Crippen LogP contribution in [0.25, 0.3) is 6.08 Å². The molecule has 2 aliphatic heterocycles. The molecule has 33 heavy (non-hydrogen) atoms. The number of benzene rings is 3. The van der Waals surface area contributed by atoms with Crippen molar-refractivity contribution in [3.8, 4) is 17.2 Å². The molecule has 0 saturated carbocycles. The Labute approximate surface area is 198 Å². The second-order valence-electron chi connectivity index (χ2n) is 8.14. The van der Waals surface area contributed by atoms with Crippen molar-refractivity contribution in [3.63, 3.8) is 0 Å². The van der Waals surface area contributed by atoms with Crippen molar-refractivity contribution in [1.29, 1.82) is 0 Å². The van der Waals surface area contributed by atoms with Gasteiger partial charge in [0.1, 0.15) is 24.0 Å². The zero-order chi connectivity index (χ0) is 22.9. The summed E-state index contributed by atoms with van der Waals surface area (Å²) in [5.74, 6) is 2.22. The highest BCUT2D eigenvalue weighted by atomic mass is 35.5. The van der Waals surface area contributed by atoms with Crippen LogP contribution in [-0.2, 0) is 13.1 Å². The molecule has 0 atom stereocenters. The first-order chi connectivity index (χ1) is 16.0. The molecule has 168 valence electrons. The molecule has 3 aromatic carbocycles. The minimum Gasteiger partial charge on any atom is -0.493 e. The number of halogens is 1. The summed E-state index contributed by atoms with van der Waals surface area (Å²) < 4.78 is 17.9. The predicted octanol–water partition coefficient (Wildman–Crippen LogP) is 6.02. The summed E-state index contributed by atoms with van der Waals surface area (Å²) in [6.45, 7) is 6.06. The number of Topliss-reactive ketones (excluding diaryl/α,β-unsaturated/α-hetero) is 1. The number of carbonyl (C=O) groups excluding carboxylic acids is 1. The first-order valence-corrected chi connectivity index (χ1v) is 11.3. The lowest BCUT2D eigenvalue weighted by Gasteiger charge is -2.30. The van der Waals surface area contributed by atoms with E-state index in [1.54, 1.807) is 6.08 Å². The van der Waals surface area contributed by atoms with Gasteiger partial charge >= 0.3 is 0 Å². The average molecular weight is 462 g/mol. The van der Waals surface area contributed by atoms with Crippen LogP contribution in [0.1, 0.15) is 39.5 Å². The second-order valence-corrected chi connectivity index (χ2v) is 8.54. The number of hydrogen-bond donors (Lipinski definition) is 0. The summed E-state index contributed by atoms with van der Waals surface area (Å²) in [6.07, 6.45) is 1.75. The lowest BCUT2D eigenvalue weighted by atomic mass is 9.98. The van der Waals surface area contributed by atoms with Crippen molar-refractivity contribution in [2.24, 2.45) is 0 Å². The van der Waals surface area contributed by atoms with Gasteiger partial charge in [-0.15, -0.1) is 0 Å². The van der Waals surface area contributed by atoms with Gasteiger partial charge in [0.05, 0.1) is 17.7 Å². The van der Waals surface area contributed by atoms with Crippen molar-refractivity contribution in [2.75, 3.05) is 13.3 Å². The van der Waals surface area contributed by atoms with Crippen molar-refractivity contribution in [1.82, 2.24) is 4.90 Å². The van der Waals surface area contributed by atoms with Gasteiger partial charge in [-0.25, -0.2) is 0 Å². The molecule has 5 rings (SSSR count). The number of fused-ring (bicyclic) bond motifs is 3. The Bertz CT molecular complexity index is 1270. The SMILES string of the molecule is CCOc1ccccc1/C=C1\Oc2c3c(cc(C)c2C1=O)OCN(Cc1ccccc1Cl)C3. The van der Waals surface area contributed by atoms with E-state index in [4.69, 9.17) is 25.8 Å². The Balaban J connectivity index is 1.47. The van der Waals surface area contributed by atoms with Crippen molar-refractivity contribution < 1.29 is 19.0 Å². The fourth-order valence-electron chi connectivity index (χ4n) is 4.27.